The van der Waals surface area contributed by atoms with Crippen molar-refractivity contribution < 1.29 is 0 Å². The molecule has 4 aromatic rings. The molecule has 1 heterocycles. The van der Waals surface area contributed by atoms with Gasteiger partial charge in [-0.3, -0.25) is 0 Å². The molecule has 4 rings (SSSR count). The molecule has 23 heavy (non-hydrogen) atoms. The van der Waals surface area contributed by atoms with E-state index in [1.54, 1.807) is 0 Å². The Balaban J connectivity index is 1.96. The van der Waals surface area contributed by atoms with Gasteiger partial charge in [-0.15, -0.1) is 0 Å². The van der Waals surface area contributed by atoms with Gasteiger partial charge in [0.05, 0.1) is 0 Å². The zero-order valence-corrected chi connectivity index (χ0v) is 13.5. The van der Waals surface area contributed by atoms with Gasteiger partial charge in [-0.2, -0.15) is 0 Å². The SMILES string of the molecule is Cc1ccc(Cn2c3ccccc3c3ccccc32)c(C)c1N. The normalized spacial score (nSPS) is 11.4. The van der Waals surface area contributed by atoms with Crippen LogP contribution >= 0.6 is 0 Å². The third-order valence-corrected chi connectivity index (χ3v) is 4.85. The monoisotopic (exact) mass is 300 g/mol. The Labute approximate surface area is 136 Å². The Bertz CT molecular complexity index is 972. The predicted octanol–water partition coefficient (Wildman–Crippen LogP) is 5.04. The van der Waals surface area contributed by atoms with Crippen molar-refractivity contribution in [1.29, 1.82) is 0 Å². The fraction of sp³-hybridized carbons (Fsp3) is 0.143. The van der Waals surface area contributed by atoms with Crippen LogP contribution in [0.5, 0.6) is 0 Å². The third-order valence-electron chi connectivity index (χ3n) is 4.85. The van der Waals surface area contributed by atoms with E-state index in [-0.39, 0.29) is 0 Å². The summed E-state index contributed by atoms with van der Waals surface area (Å²) in [6.45, 7) is 5.02. The van der Waals surface area contributed by atoms with Crippen molar-refractivity contribution in [2.45, 2.75) is 20.4 Å². The summed E-state index contributed by atoms with van der Waals surface area (Å²) >= 11 is 0. The van der Waals surface area contributed by atoms with Gasteiger partial charge in [-0.1, -0.05) is 48.5 Å². The molecular weight excluding hydrogens is 280 g/mol. The van der Waals surface area contributed by atoms with Crippen LogP contribution in [0.4, 0.5) is 5.69 Å². The number of hydrogen-bond donors (Lipinski definition) is 1. The quantitative estimate of drug-likeness (QED) is 0.516. The molecule has 3 aromatic carbocycles. The lowest BCUT2D eigenvalue weighted by Gasteiger charge is -2.13. The molecule has 0 unspecified atom stereocenters. The first-order chi connectivity index (χ1) is 11.2. The minimum atomic E-state index is 0.838. The van der Waals surface area contributed by atoms with Gasteiger partial charge in [0, 0.05) is 34.0 Å². The molecule has 1 aromatic heterocycles. The number of nitrogens with two attached hydrogens (primary N) is 1. The summed E-state index contributed by atoms with van der Waals surface area (Å²) in [6, 6.07) is 21.5. The lowest BCUT2D eigenvalue weighted by molar-refractivity contribution is 0.861. The average molecular weight is 300 g/mol. The summed E-state index contributed by atoms with van der Waals surface area (Å²) in [5.41, 5.74) is 13.3. The van der Waals surface area contributed by atoms with E-state index in [0.717, 1.165) is 17.8 Å². The summed E-state index contributed by atoms with van der Waals surface area (Å²) in [6.07, 6.45) is 0. The Morgan fingerprint density at radius 2 is 1.35 bits per heavy atom. The standard InChI is InChI=1S/C21H20N2/c1-14-11-12-16(15(2)21(14)22)13-23-19-9-5-3-7-17(19)18-8-4-6-10-20(18)23/h3-12H,13,22H2,1-2H3. The van der Waals surface area contributed by atoms with E-state index < -0.39 is 0 Å². The molecule has 114 valence electrons. The number of para-hydroxylation sites is 2. The highest BCUT2D eigenvalue weighted by Crippen LogP contribution is 2.30. The highest BCUT2D eigenvalue weighted by atomic mass is 15.0. The Kier molecular flexibility index (Phi) is 3.12. The molecule has 0 amide bonds. The third kappa shape index (κ3) is 2.10. The maximum Gasteiger partial charge on any atom is 0.0494 e. The summed E-state index contributed by atoms with van der Waals surface area (Å²) in [7, 11) is 0. The minimum Gasteiger partial charge on any atom is -0.398 e. The van der Waals surface area contributed by atoms with Gasteiger partial charge in [0.1, 0.15) is 0 Å². The summed E-state index contributed by atoms with van der Waals surface area (Å²) in [5, 5.41) is 2.61. The molecule has 0 spiro atoms. The summed E-state index contributed by atoms with van der Waals surface area (Å²) in [5.74, 6) is 0. The molecule has 0 radical (unpaired) electrons. The van der Waals surface area contributed by atoms with Crippen LogP contribution in [0.25, 0.3) is 21.8 Å². The fourth-order valence-corrected chi connectivity index (χ4v) is 3.42. The summed E-state index contributed by atoms with van der Waals surface area (Å²) in [4.78, 5) is 0. The second kappa shape index (κ2) is 5.17. The van der Waals surface area contributed by atoms with Crippen molar-refractivity contribution in [3.63, 3.8) is 0 Å². The topological polar surface area (TPSA) is 30.9 Å². The number of rotatable bonds is 2. The van der Waals surface area contributed by atoms with Crippen LogP contribution in [0.3, 0.4) is 0 Å². The first-order valence-corrected chi connectivity index (χ1v) is 7.97. The van der Waals surface area contributed by atoms with Crippen molar-refractivity contribution in [1.82, 2.24) is 4.57 Å². The number of fused-ring (bicyclic) bond motifs is 3. The highest BCUT2D eigenvalue weighted by Gasteiger charge is 2.12. The maximum absolute atomic E-state index is 6.23. The largest absolute Gasteiger partial charge is 0.398 e. The van der Waals surface area contributed by atoms with E-state index >= 15 is 0 Å². The van der Waals surface area contributed by atoms with Crippen LogP contribution in [-0.4, -0.2) is 4.57 Å². The Morgan fingerprint density at radius 3 is 1.96 bits per heavy atom. The zero-order chi connectivity index (χ0) is 16.0. The molecule has 0 saturated heterocycles. The maximum atomic E-state index is 6.23. The van der Waals surface area contributed by atoms with Gasteiger partial charge in [0.15, 0.2) is 0 Å². The van der Waals surface area contributed by atoms with E-state index in [9.17, 15) is 0 Å². The molecule has 0 aliphatic carbocycles. The number of anilines is 1. The number of aromatic nitrogens is 1. The van der Waals surface area contributed by atoms with Crippen LogP contribution in [0.1, 0.15) is 16.7 Å². The molecule has 0 saturated carbocycles. The predicted molar refractivity (Wildman–Crippen MR) is 98.9 cm³/mol. The summed E-state index contributed by atoms with van der Waals surface area (Å²) < 4.78 is 2.39. The molecule has 0 atom stereocenters. The van der Waals surface area contributed by atoms with Gasteiger partial charge in [-0.25, -0.2) is 0 Å². The van der Waals surface area contributed by atoms with Gasteiger partial charge in [0.25, 0.3) is 0 Å². The average Bonchev–Trinajstić information content (AvgIpc) is 2.90. The van der Waals surface area contributed by atoms with Crippen LogP contribution in [0.15, 0.2) is 60.7 Å². The van der Waals surface area contributed by atoms with Crippen LogP contribution < -0.4 is 5.73 Å². The van der Waals surface area contributed by atoms with Gasteiger partial charge in [-0.05, 0) is 42.7 Å². The number of nitrogen functional groups attached to an aromatic ring is 1. The van der Waals surface area contributed by atoms with E-state index in [0.29, 0.717) is 0 Å². The Hall–Kier alpha value is -2.74. The van der Waals surface area contributed by atoms with Crippen molar-refractivity contribution in [2.24, 2.45) is 0 Å². The number of benzene rings is 3. The van der Waals surface area contributed by atoms with Crippen molar-refractivity contribution in [3.05, 3.63) is 77.4 Å². The van der Waals surface area contributed by atoms with Gasteiger partial charge in [0.2, 0.25) is 0 Å². The molecular formula is C21H20N2. The molecule has 0 aliphatic heterocycles. The molecule has 2 heteroatoms. The lowest BCUT2D eigenvalue weighted by atomic mass is 10.0. The van der Waals surface area contributed by atoms with E-state index in [2.05, 4.69) is 79.1 Å². The molecule has 0 bridgehead atoms. The zero-order valence-electron chi connectivity index (χ0n) is 13.5. The van der Waals surface area contributed by atoms with Crippen LogP contribution in [-0.2, 0) is 6.54 Å². The first-order valence-electron chi connectivity index (χ1n) is 7.97. The number of nitrogens with zero attached hydrogens (tertiary/aromatic N) is 1. The van der Waals surface area contributed by atoms with Gasteiger partial charge < -0.3 is 10.3 Å². The minimum absolute atomic E-state index is 0.838. The first kappa shape index (κ1) is 13.9. The van der Waals surface area contributed by atoms with Crippen LogP contribution in [0, 0.1) is 13.8 Å². The van der Waals surface area contributed by atoms with Crippen molar-refractivity contribution in [3.8, 4) is 0 Å². The second-order valence-electron chi connectivity index (χ2n) is 6.20. The number of aryl methyl sites for hydroxylation is 1. The molecule has 2 nitrogen and oxygen atoms in total. The van der Waals surface area contributed by atoms with E-state index in [4.69, 9.17) is 5.73 Å². The van der Waals surface area contributed by atoms with E-state index in [1.807, 2.05) is 0 Å². The second-order valence-corrected chi connectivity index (χ2v) is 6.20. The smallest absolute Gasteiger partial charge is 0.0494 e. The van der Waals surface area contributed by atoms with Gasteiger partial charge >= 0.3 is 0 Å². The highest BCUT2D eigenvalue weighted by molar-refractivity contribution is 6.08. The lowest BCUT2D eigenvalue weighted by Crippen LogP contribution is -2.04. The molecule has 2 N–H and O–H groups in total. The Morgan fingerprint density at radius 1 is 0.783 bits per heavy atom. The van der Waals surface area contributed by atoms with Crippen molar-refractivity contribution >= 4 is 27.5 Å². The fourth-order valence-electron chi connectivity index (χ4n) is 3.42. The van der Waals surface area contributed by atoms with E-state index in [1.165, 1.54) is 32.9 Å². The van der Waals surface area contributed by atoms with Crippen molar-refractivity contribution in [2.75, 3.05) is 5.73 Å². The van der Waals surface area contributed by atoms with Crippen LogP contribution in [0.2, 0.25) is 0 Å². The molecule has 0 fully saturated rings. The molecule has 0 aliphatic rings. The number of hydrogen-bond acceptors (Lipinski definition) is 1.